The fourth-order valence-electron chi connectivity index (χ4n) is 2.52. The summed E-state index contributed by atoms with van der Waals surface area (Å²) in [5, 5.41) is 0.948. The van der Waals surface area contributed by atoms with E-state index in [1.807, 2.05) is 0 Å². The second kappa shape index (κ2) is 6.19. The first-order chi connectivity index (χ1) is 9.81. The van der Waals surface area contributed by atoms with Gasteiger partial charge in [-0.15, -0.1) is 0 Å². The minimum absolute atomic E-state index is 0.385. The van der Waals surface area contributed by atoms with Crippen molar-refractivity contribution in [1.29, 1.82) is 0 Å². The van der Waals surface area contributed by atoms with Crippen molar-refractivity contribution in [1.82, 2.24) is 14.3 Å². The van der Waals surface area contributed by atoms with Crippen LogP contribution in [0.5, 0.6) is 0 Å². The molecule has 1 saturated heterocycles. The Hall–Kier alpha value is -1.66. The van der Waals surface area contributed by atoms with E-state index in [9.17, 15) is 0 Å². The topological polar surface area (TPSA) is 58.3 Å². The highest BCUT2D eigenvalue weighted by Crippen LogP contribution is 2.20. The molecule has 0 radical (unpaired) electrons. The number of nitrogens with two attached hydrogens (primary N) is 1. The van der Waals surface area contributed by atoms with E-state index in [2.05, 4.69) is 49.5 Å². The van der Waals surface area contributed by atoms with Gasteiger partial charge in [-0.3, -0.25) is 4.90 Å². The van der Waals surface area contributed by atoms with Gasteiger partial charge < -0.3 is 10.6 Å². The molecule has 1 aliphatic heterocycles. The number of nitrogens with zero attached hydrogens (tertiary/aromatic N) is 4. The summed E-state index contributed by atoms with van der Waals surface area (Å²) in [7, 11) is 0. The minimum Gasteiger partial charge on any atom is -0.367 e. The highest BCUT2D eigenvalue weighted by atomic mass is 32.1. The van der Waals surface area contributed by atoms with Crippen molar-refractivity contribution in [2.45, 2.75) is 13.0 Å². The van der Waals surface area contributed by atoms with Crippen LogP contribution in [-0.4, -0.2) is 40.4 Å². The Morgan fingerprint density at radius 2 is 1.95 bits per heavy atom. The number of nitrogen functional groups attached to an aromatic ring is 1. The lowest BCUT2D eigenvalue weighted by Gasteiger charge is -2.21. The van der Waals surface area contributed by atoms with Crippen molar-refractivity contribution < 1.29 is 0 Å². The van der Waals surface area contributed by atoms with E-state index in [4.69, 9.17) is 5.73 Å². The van der Waals surface area contributed by atoms with E-state index < -0.39 is 0 Å². The first kappa shape index (κ1) is 13.3. The van der Waals surface area contributed by atoms with Gasteiger partial charge in [-0.25, -0.2) is 0 Å². The van der Waals surface area contributed by atoms with Crippen LogP contribution in [0.25, 0.3) is 0 Å². The fraction of sp³-hybridized carbons (Fsp3) is 0.429. The van der Waals surface area contributed by atoms with Gasteiger partial charge in [-0.05, 0) is 12.0 Å². The highest BCUT2D eigenvalue weighted by molar-refractivity contribution is 7.09. The van der Waals surface area contributed by atoms with Gasteiger partial charge in [-0.2, -0.15) is 9.36 Å². The zero-order chi connectivity index (χ0) is 13.8. The maximum absolute atomic E-state index is 5.60. The Balaban J connectivity index is 1.59. The second-order valence-electron chi connectivity index (χ2n) is 5.04. The van der Waals surface area contributed by atoms with Crippen molar-refractivity contribution in [3.05, 3.63) is 35.9 Å². The van der Waals surface area contributed by atoms with E-state index in [0.29, 0.717) is 5.95 Å². The number of rotatable bonds is 3. The van der Waals surface area contributed by atoms with Crippen LogP contribution in [-0.2, 0) is 6.54 Å². The van der Waals surface area contributed by atoms with Crippen molar-refractivity contribution in [3.63, 3.8) is 0 Å². The molecule has 106 valence electrons. The lowest BCUT2D eigenvalue weighted by Crippen LogP contribution is -2.30. The van der Waals surface area contributed by atoms with Gasteiger partial charge in [-0.1, -0.05) is 30.3 Å². The van der Waals surface area contributed by atoms with Gasteiger partial charge in [0, 0.05) is 44.3 Å². The van der Waals surface area contributed by atoms with Crippen molar-refractivity contribution in [2.24, 2.45) is 0 Å². The molecule has 5 nitrogen and oxygen atoms in total. The summed E-state index contributed by atoms with van der Waals surface area (Å²) in [6, 6.07) is 10.6. The van der Waals surface area contributed by atoms with Gasteiger partial charge in [0.25, 0.3) is 0 Å². The highest BCUT2D eigenvalue weighted by Gasteiger charge is 2.17. The smallest absolute Gasteiger partial charge is 0.233 e. The molecule has 0 atom stereocenters. The summed E-state index contributed by atoms with van der Waals surface area (Å²) in [5.74, 6) is 0.385. The van der Waals surface area contributed by atoms with E-state index in [1.54, 1.807) is 0 Å². The molecule has 0 aliphatic carbocycles. The first-order valence-electron chi connectivity index (χ1n) is 6.92. The van der Waals surface area contributed by atoms with Crippen molar-refractivity contribution in [3.8, 4) is 0 Å². The molecule has 2 aromatic rings. The summed E-state index contributed by atoms with van der Waals surface area (Å²) < 4.78 is 4.06. The molecule has 20 heavy (non-hydrogen) atoms. The fourth-order valence-corrected chi connectivity index (χ4v) is 3.17. The van der Waals surface area contributed by atoms with Gasteiger partial charge in [0.15, 0.2) is 0 Å². The zero-order valence-electron chi connectivity index (χ0n) is 11.4. The molecule has 0 saturated carbocycles. The SMILES string of the molecule is Nc1nsc(N2CCCN(Cc3ccccc3)CC2)n1. The lowest BCUT2D eigenvalue weighted by molar-refractivity contribution is 0.285. The molecule has 0 amide bonds. The molecule has 0 unspecified atom stereocenters. The Labute approximate surface area is 123 Å². The third-order valence-corrected chi connectivity index (χ3v) is 4.33. The average Bonchev–Trinajstić information content (AvgIpc) is 2.76. The average molecular weight is 289 g/mol. The van der Waals surface area contributed by atoms with E-state index in [-0.39, 0.29) is 0 Å². The standard InChI is InChI=1S/C14H19N5S/c15-13-16-14(20-17-13)19-8-4-7-18(9-10-19)11-12-5-2-1-3-6-12/h1-3,5-6H,4,7-11H2,(H2,15,17). The summed E-state index contributed by atoms with van der Waals surface area (Å²) in [5.41, 5.74) is 6.98. The summed E-state index contributed by atoms with van der Waals surface area (Å²) in [4.78, 5) is 9.07. The summed E-state index contributed by atoms with van der Waals surface area (Å²) in [6.45, 7) is 5.21. The summed E-state index contributed by atoms with van der Waals surface area (Å²) in [6.07, 6.45) is 1.15. The van der Waals surface area contributed by atoms with Gasteiger partial charge in [0.05, 0.1) is 0 Å². The monoisotopic (exact) mass is 289 g/mol. The van der Waals surface area contributed by atoms with Crippen LogP contribution in [0.15, 0.2) is 30.3 Å². The number of hydrogen-bond donors (Lipinski definition) is 1. The summed E-state index contributed by atoms with van der Waals surface area (Å²) >= 11 is 1.39. The van der Waals surface area contributed by atoms with Crippen LogP contribution in [0.4, 0.5) is 11.1 Å². The third kappa shape index (κ3) is 3.26. The Morgan fingerprint density at radius 1 is 1.10 bits per heavy atom. The molecule has 1 aromatic carbocycles. The number of benzene rings is 1. The predicted octanol–water partition coefficient (Wildman–Crippen LogP) is 1.83. The molecular weight excluding hydrogens is 270 g/mol. The van der Waals surface area contributed by atoms with Crippen molar-refractivity contribution in [2.75, 3.05) is 36.8 Å². The van der Waals surface area contributed by atoms with Crippen molar-refractivity contribution >= 4 is 22.6 Å². The van der Waals surface area contributed by atoms with E-state index in [0.717, 1.165) is 44.3 Å². The van der Waals surface area contributed by atoms with Crippen LogP contribution in [0.2, 0.25) is 0 Å². The van der Waals surface area contributed by atoms with Gasteiger partial charge in [0.1, 0.15) is 0 Å². The lowest BCUT2D eigenvalue weighted by atomic mass is 10.2. The van der Waals surface area contributed by atoms with E-state index in [1.165, 1.54) is 17.1 Å². The molecule has 6 heteroatoms. The molecule has 3 rings (SSSR count). The largest absolute Gasteiger partial charge is 0.367 e. The third-order valence-electron chi connectivity index (χ3n) is 3.54. The molecule has 0 spiro atoms. The minimum atomic E-state index is 0.385. The van der Waals surface area contributed by atoms with Crippen LogP contribution in [0.1, 0.15) is 12.0 Å². The quantitative estimate of drug-likeness (QED) is 0.934. The second-order valence-corrected chi connectivity index (χ2v) is 5.77. The molecule has 2 heterocycles. The van der Waals surface area contributed by atoms with E-state index >= 15 is 0 Å². The molecule has 1 fully saturated rings. The van der Waals surface area contributed by atoms with Crippen LogP contribution in [0, 0.1) is 0 Å². The predicted molar refractivity (Wildman–Crippen MR) is 82.9 cm³/mol. The molecule has 0 bridgehead atoms. The molecule has 1 aromatic heterocycles. The molecule has 1 aliphatic rings. The Kier molecular flexibility index (Phi) is 4.13. The van der Waals surface area contributed by atoms with Crippen LogP contribution < -0.4 is 10.6 Å². The number of aromatic nitrogens is 2. The maximum Gasteiger partial charge on any atom is 0.233 e. The Bertz CT molecular complexity index is 542. The number of hydrogen-bond acceptors (Lipinski definition) is 6. The molecule has 2 N–H and O–H groups in total. The maximum atomic E-state index is 5.60. The van der Waals surface area contributed by atoms with Crippen LogP contribution in [0.3, 0.4) is 0 Å². The van der Waals surface area contributed by atoms with Gasteiger partial charge in [0.2, 0.25) is 11.1 Å². The van der Waals surface area contributed by atoms with Crippen LogP contribution >= 0.6 is 11.5 Å². The Morgan fingerprint density at radius 3 is 2.70 bits per heavy atom. The zero-order valence-corrected chi connectivity index (χ0v) is 12.2. The molecular formula is C14H19N5S. The number of anilines is 2. The first-order valence-corrected chi connectivity index (χ1v) is 7.69. The van der Waals surface area contributed by atoms with Gasteiger partial charge >= 0.3 is 0 Å². The normalized spacial score (nSPS) is 17.1.